The van der Waals surface area contributed by atoms with Crippen molar-refractivity contribution in [2.75, 3.05) is 14.1 Å². The molecule has 0 aromatic heterocycles. The van der Waals surface area contributed by atoms with Crippen LogP contribution in [0.3, 0.4) is 0 Å². The fraction of sp³-hybridized carbons (Fsp3) is 0.520. The lowest BCUT2D eigenvalue weighted by Crippen LogP contribution is -2.24. The lowest BCUT2D eigenvalue weighted by Gasteiger charge is -2.18. The van der Waals surface area contributed by atoms with E-state index in [1.807, 2.05) is 38.2 Å². The molecule has 29 heavy (non-hydrogen) atoms. The van der Waals surface area contributed by atoms with Crippen LogP contribution in [0, 0.1) is 12.8 Å². The van der Waals surface area contributed by atoms with E-state index in [1.54, 1.807) is 0 Å². The van der Waals surface area contributed by atoms with Crippen molar-refractivity contribution in [1.82, 2.24) is 10.2 Å². The zero-order valence-electron chi connectivity index (χ0n) is 19.5. The maximum Gasteiger partial charge on any atom is 0.145 e. The van der Waals surface area contributed by atoms with Gasteiger partial charge in [0.05, 0.1) is 11.4 Å². The first kappa shape index (κ1) is 24.8. The van der Waals surface area contributed by atoms with Crippen LogP contribution in [0.25, 0.3) is 0 Å². The predicted molar refractivity (Wildman–Crippen MR) is 126 cm³/mol. The molecular formula is C25H39N3O. The van der Waals surface area contributed by atoms with Gasteiger partial charge in [0.1, 0.15) is 6.29 Å². The first-order valence-electron chi connectivity index (χ1n) is 10.6. The van der Waals surface area contributed by atoms with E-state index in [0.717, 1.165) is 48.2 Å². The van der Waals surface area contributed by atoms with Crippen LogP contribution in [0.2, 0.25) is 0 Å². The molecule has 0 bridgehead atoms. The lowest BCUT2D eigenvalue weighted by molar-refractivity contribution is -0.104. The Balaban J connectivity index is 3.45. The molecule has 0 heterocycles. The summed E-state index contributed by atoms with van der Waals surface area (Å²) in [4.78, 5) is 18.4. The van der Waals surface area contributed by atoms with Crippen LogP contribution in [0.4, 0.5) is 5.69 Å². The monoisotopic (exact) mass is 397 g/mol. The van der Waals surface area contributed by atoms with Gasteiger partial charge >= 0.3 is 0 Å². The summed E-state index contributed by atoms with van der Waals surface area (Å²) in [6, 6.07) is 6.98. The first-order valence-corrected chi connectivity index (χ1v) is 10.6. The Bertz CT molecular complexity index is 759. The third-order valence-corrected chi connectivity index (χ3v) is 5.12. The van der Waals surface area contributed by atoms with Gasteiger partial charge in [0.2, 0.25) is 0 Å². The van der Waals surface area contributed by atoms with Crippen molar-refractivity contribution in [3.63, 3.8) is 0 Å². The second kappa shape index (κ2) is 12.4. The summed E-state index contributed by atoms with van der Waals surface area (Å²) in [7, 11) is 3.98. The number of nitrogens with zero attached hydrogens (tertiary/aromatic N) is 2. The van der Waals surface area contributed by atoms with Crippen LogP contribution < -0.4 is 5.32 Å². The predicted octanol–water partition coefficient (Wildman–Crippen LogP) is 5.59. The molecule has 1 N–H and O–H groups in total. The zero-order chi connectivity index (χ0) is 22.0. The van der Waals surface area contributed by atoms with Gasteiger partial charge in [0, 0.05) is 38.5 Å². The molecule has 0 amide bonds. The van der Waals surface area contributed by atoms with E-state index < -0.39 is 0 Å². The fourth-order valence-electron chi connectivity index (χ4n) is 2.84. The van der Waals surface area contributed by atoms with E-state index in [-0.39, 0.29) is 5.92 Å². The highest BCUT2D eigenvalue weighted by molar-refractivity contribution is 6.06. The molecule has 0 saturated heterocycles. The molecule has 1 aromatic carbocycles. The maximum atomic E-state index is 11.2. The van der Waals surface area contributed by atoms with E-state index in [4.69, 9.17) is 4.99 Å². The minimum atomic E-state index is 0.276. The van der Waals surface area contributed by atoms with E-state index in [2.05, 4.69) is 58.1 Å². The molecule has 0 aliphatic carbocycles. The quantitative estimate of drug-likeness (QED) is 0.229. The van der Waals surface area contributed by atoms with Gasteiger partial charge in [0.15, 0.2) is 0 Å². The number of aryl methyl sites for hydroxylation is 1. The van der Waals surface area contributed by atoms with E-state index in [9.17, 15) is 4.79 Å². The fourth-order valence-corrected chi connectivity index (χ4v) is 2.84. The molecule has 4 nitrogen and oxygen atoms in total. The summed E-state index contributed by atoms with van der Waals surface area (Å²) < 4.78 is 0. The third-order valence-electron chi connectivity index (χ3n) is 5.12. The number of rotatable bonds is 11. The number of hydrogen-bond donors (Lipinski definition) is 1. The van der Waals surface area contributed by atoms with Gasteiger partial charge in [-0.2, -0.15) is 0 Å². The van der Waals surface area contributed by atoms with Crippen molar-refractivity contribution in [1.29, 1.82) is 0 Å². The largest absolute Gasteiger partial charge is 0.383 e. The van der Waals surface area contributed by atoms with Gasteiger partial charge in [0.25, 0.3) is 0 Å². The van der Waals surface area contributed by atoms with E-state index in [1.165, 1.54) is 5.56 Å². The Morgan fingerprint density at radius 1 is 1.21 bits per heavy atom. The highest BCUT2D eigenvalue weighted by atomic mass is 16.1. The normalized spacial score (nSPS) is 15.2. The minimum absolute atomic E-state index is 0.276. The molecule has 1 aromatic rings. The standard InChI is InChI=1S/C25H39N3O/c1-9-19(4)25(23(16-28(7)8)13-18(3)17-29)27-24-14-22(12-11-20(24)5)15-26-21(6)10-2/h11-14,16-17,19,21,26H,9-10,15H2,1-8H3/b18-13-,23-16+,27-25+/t19?,21-/m1/s1. The molecule has 0 fully saturated rings. The molecule has 0 aliphatic heterocycles. The summed E-state index contributed by atoms with van der Waals surface area (Å²) in [5.41, 5.74) is 6.06. The van der Waals surface area contributed by atoms with Crippen LogP contribution >= 0.6 is 0 Å². The number of hydrogen-bond acceptors (Lipinski definition) is 4. The molecule has 0 radical (unpaired) electrons. The molecule has 2 atom stereocenters. The summed E-state index contributed by atoms with van der Waals surface area (Å²) in [6.07, 6.45) is 6.95. The number of aliphatic imine (C=N–C) groups is 1. The third kappa shape index (κ3) is 8.36. The van der Waals surface area contributed by atoms with Crippen molar-refractivity contribution in [3.8, 4) is 0 Å². The highest BCUT2D eigenvalue weighted by Crippen LogP contribution is 2.25. The van der Waals surface area contributed by atoms with E-state index >= 15 is 0 Å². The summed E-state index contributed by atoms with van der Waals surface area (Å²) in [5, 5.41) is 3.55. The molecule has 1 unspecified atom stereocenters. The average Bonchev–Trinajstić information content (AvgIpc) is 2.70. The second-order valence-electron chi connectivity index (χ2n) is 8.17. The Labute approximate surface area is 177 Å². The van der Waals surface area contributed by atoms with Crippen molar-refractivity contribution in [3.05, 3.63) is 52.7 Å². The molecule has 0 aliphatic rings. The van der Waals surface area contributed by atoms with Gasteiger partial charge in [-0.15, -0.1) is 0 Å². The molecule has 160 valence electrons. The van der Waals surface area contributed by atoms with Crippen molar-refractivity contribution in [2.45, 2.75) is 67.0 Å². The molecule has 1 rings (SSSR count). The molecule has 0 saturated carbocycles. The van der Waals surface area contributed by atoms with Gasteiger partial charge in [-0.3, -0.25) is 9.79 Å². The number of allylic oxidation sites excluding steroid dienone is 3. The number of nitrogens with one attached hydrogen (secondary N) is 1. The SMILES string of the molecule is CCC(C)C(=N\c1cc(CN[C@H](C)CC)ccc1C)/C(/C=C(/C)C=O)=C/N(C)C. The number of carbonyl (C=O) groups excluding carboxylic acids is 1. The molecule has 4 heteroatoms. The van der Waals surface area contributed by atoms with Gasteiger partial charge in [-0.25, -0.2) is 0 Å². The second-order valence-corrected chi connectivity index (χ2v) is 8.17. The maximum absolute atomic E-state index is 11.2. The van der Waals surface area contributed by atoms with Crippen LogP contribution in [-0.4, -0.2) is 37.0 Å². The van der Waals surface area contributed by atoms with Crippen molar-refractivity contribution < 1.29 is 4.79 Å². The smallest absolute Gasteiger partial charge is 0.145 e. The molecular weight excluding hydrogens is 358 g/mol. The van der Waals surface area contributed by atoms with Gasteiger partial charge < -0.3 is 10.2 Å². The highest BCUT2D eigenvalue weighted by Gasteiger charge is 2.15. The Morgan fingerprint density at radius 3 is 2.45 bits per heavy atom. The number of benzene rings is 1. The van der Waals surface area contributed by atoms with E-state index in [0.29, 0.717) is 11.6 Å². The van der Waals surface area contributed by atoms with Crippen LogP contribution in [0.15, 0.2) is 46.6 Å². The topological polar surface area (TPSA) is 44.7 Å². The number of carbonyl (C=O) groups is 1. The molecule has 0 spiro atoms. The van der Waals surface area contributed by atoms with Crippen LogP contribution in [-0.2, 0) is 11.3 Å². The van der Waals surface area contributed by atoms with Crippen molar-refractivity contribution >= 4 is 17.7 Å². The Hall–Kier alpha value is -2.20. The van der Waals surface area contributed by atoms with Gasteiger partial charge in [-0.1, -0.05) is 32.9 Å². The summed E-state index contributed by atoms with van der Waals surface area (Å²) in [5.74, 6) is 0.276. The Morgan fingerprint density at radius 2 is 1.90 bits per heavy atom. The van der Waals surface area contributed by atoms with Crippen LogP contribution in [0.5, 0.6) is 0 Å². The zero-order valence-corrected chi connectivity index (χ0v) is 19.5. The first-order chi connectivity index (χ1) is 13.7. The van der Waals surface area contributed by atoms with Crippen molar-refractivity contribution in [2.24, 2.45) is 10.9 Å². The van der Waals surface area contributed by atoms with Gasteiger partial charge in [-0.05, 0) is 68.4 Å². The van der Waals surface area contributed by atoms with Crippen LogP contribution in [0.1, 0.15) is 58.6 Å². The average molecular weight is 398 g/mol. The summed E-state index contributed by atoms with van der Waals surface area (Å²) in [6.45, 7) is 13.5. The Kier molecular flexibility index (Phi) is 10.6. The number of aldehydes is 1. The minimum Gasteiger partial charge on any atom is -0.383 e. The summed E-state index contributed by atoms with van der Waals surface area (Å²) >= 11 is 0. The lowest BCUT2D eigenvalue weighted by atomic mass is 9.94.